The van der Waals surface area contributed by atoms with Crippen LogP contribution in [0.3, 0.4) is 0 Å². The minimum absolute atomic E-state index is 0.746. The van der Waals surface area contributed by atoms with Gasteiger partial charge in [-0.2, -0.15) is 0 Å². The summed E-state index contributed by atoms with van der Waals surface area (Å²) < 4.78 is 48.9. The molecule has 0 atom stereocenters. The van der Waals surface area contributed by atoms with E-state index >= 15 is 0 Å². The average Bonchev–Trinajstić information content (AvgIpc) is 2.69. The molecular formula is C31H85O7Si11. The van der Waals surface area contributed by atoms with Gasteiger partial charge in [-0.05, 0) is 187 Å². The Labute approximate surface area is 319 Å². The monoisotopic (exact) mass is 877 g/mol. The lowest BCUT2D eigenvalue weighted by Gasteiger charge is -2.43. The molecule has 295 valence electrons. The van der Waals surface area contributed by atoms with Crippen molar-refractivity contribution in [2.45, 2.75) is 200 Å². The van der Waals surface area contributed by atoms with Gasteiger partial charge in [0.15, 0.2) is 67.3 Å². The van der Waals surface area contributed by atoms with Crippen LogP contribution in [0.4, 0.5) is 0 Å². The van der Waals surface area contributed by atoms with E-state index in [4.69, 9.17) is 28.8 Å². The Morgan fingerprint density at radius 2 is 0.571 bits per heavy atom. The van der Waals surface area contributed by atoms with Gasteiger partial charge in [-0.15, -0.1) is 0 Å². The minimum atomic E-state index is -2.51. The normalized spacial score (nSPS) is 15.4. The molecule has 0 N–H and O–H groups in total. The molecule has 0 amide bonds. The van der Waals surface area contributed by atoms with Crippen molar-refractivity contribution >= 4 is 92.9 Å². The molecule has 0 heterocycles. The van der Waals surface area contributed by atoms with Crippen LogP contribution in [0, 0.1) is 0 Å². The molecule has 0 saturated carbocycles. The van der Waals surface area contributed by atoms with E-state index in [9.17, 15) is 0 Å². The zero-order valence-electron chi connectivity index (χ0n) is 37.0. The summed E-state index contributed by atoms with van der Waals surface area (Å²) in [6, 6.07) is 6.39. The van der Waals surface area contributed by atoms with Gasteiger partial charge in [0.1, 0.15) is 0 Å². The van der Waals surface area contributed by atoms with Gasteiger partial charge in [0.05, 0.1) is 0 Å². The topological polar surface area (TPSA) is 64.6 Å². The minimum Gasteiger partial charge on any atom is -0.456 e. The van der Waals surface area contributed by atoms with Gasteiger partial charge in [0.25, 0.3) is 0 Å². The third-order valence-electron chi connectivity index (χ3n) is 7.55. The first-order valence-electron chi connectivity index (χ1n) is 19.0. The highest BCUT2D eigenvalue weighted by Crippen LogP contribution is 2.35. The third-order valence-corrected chi connectivity index (χ3v) is 44.7. The second-order valence-corrected chi connectivity index (χ2v) is 65.8. The lowest BCUT2D eigenvalue weighted by molar-refractivity contribution is 0.372. The maximum absolute atomic E-state index is 7.44. The Kier molecular flexibility index (Phi) is 19.6. The summed E-state index contributed by atoms with van der Waals surface area (Å²) in [5.74, 6) is 0. The molecule has 0 fully saturated rings. The lowest BCUT2D eigenvalue weighted by Crippen LogP contribution is -2.55. The fourth-order valence-electron chi connectivity index (χ4n) is 7.03. The zero-order valence-corrected chi connectivity index (χ0v) is 48.0. The van der Waals surface area contributed by atoms with E-state index in [0.29, 0.717) is 0 Å². The molecule has 0 aliphatic heterocycles. The third kappa shape index (κ3) is 26.5. The van der Waals surface area contributed by atoms with Gasteiger partial charge in [0, 0.05) is 0 Å². The van der Waals surface area contributed by atoms with Crippen LogP contribution in [-0.2, 0) is 28.8 Å². The molecule has 0 aromatic heterocycles. The molecule has 0 aromatic rings. The van der Waals surface area contributed by atoms with Crippen LogP contribution in [0.2, 0.25) is 187 Å². The Morgan fingerprint density at radius 1 is 0.306 bits per heavy atom. The Bertz CT molecular complexity index is 892. The summed E-state index contributed by atoms with van der Waals surface area (Å²) in [5.41, 5.74) is 0. The highest BCUT2D eigenvalue weighted by atomic mass is 28.5. The molecule has 0 unspecified atom stereocenters. The van der Waals surface area contributed by atoms with Crippen LogP contribution in [0.5, 0.6) is 0 Å². The standard InChI is InChI=1S/C31H85O7Si11/c1-39(2)32-44(15,16)30-31-49(23,37-45(17,18)26-24-28-47(21,33-40(3,4)5)34-41(6,7)8)38-46(19,20)27-25-29-48(22,35-42(9,10)11)36-43(12,13)14/h24-31H2,1-23H3. The van der Waals surface area contributed by atoms with Crippen LogP contribution in [-0.4, -0.2) is 92.9 Å². The zero-order chi connectivity index (χ0) is 39.2. The smallest absolute Gasteiger partial charge is 0.314 e. The summed E-state index contributed by atoms with van der Waals surface area (Å²) in [6.45, 7) is 53.5. The molecule has 0 aliphatic rings. The predicted molar refractivity (Wildman–Crippen MR) is 244 cm³/mol. The first-order chi connectivity index (χ1) is 21.3. The van der Waals surface area contributed by atoms with Crippen molar-refractivity contribution in [3.05, 3.63) is 0 Å². The fourth-order valence-corrected chi connectivity index (χ4v) is 55.5. The highest BCUT2D eigenvalue weighted by Gasteiger charge is 2.46. The first kappa shape index (κ1) is 51.1. The van der Waals surface area contributed by atoms with Gasteiger partial charge in [-0.3, -0.25) is 0 Å². The van der Waals surface area contributed by atoms with E-state index in [-0.39, 0.29) is 0 Å². The molecule has 0 aromatic carbocycles. The van der Waals surface area contributed by atoms with Crippen molar-refractivity contribution in [2.75, 3.05) is 0 Å². The molecule has 0 rings (SSSR count). The predicted octanol–water partition coefficient (Wildman–Crippen LogP) is 12.3. The van der Waals surface area contributed by atoms with Gasteiger partial charge < -0.3 is 28.8 Å². The lowest BCUT2D eigenvalue weighted by atomic mass is 10.6. The van der Waals surface area contributed by atoms with Crippen LogP contribution in [0.15, 0.2) is 0 Å². The molecule has 0 saturated heterocycles. The molecule has 18 heteroatoms. The van der Waals surface area contributed by atoms with E-state index in [1.54, 1.807) is 0 Å². The summed E-state index contributed by atoms with van der Waals surface area (Å²) in [5, 5.41) is 0. The Hall–Kier alpha value is 2.11. The summed E-state index contributed by atoms with van der Waals surface area (Å²) in [6.07, 6.45) is 2.20. The number of hydrogen-bond acceptors (Lipinski definition) is 7. The molecule has 0 bridgehead atoms. The van der Waals surface area contributed by atoms with Crippen LogP contribution in [0.25, 0.3) is 0 Å². The number of rotatable bonds is 25. The molecule has 0 spiro atoms. The second-order valence-electron chi connectivity index (χ2n) is 21.0. The molecule has 1 radical (unpaired) electrons. The summed E-state index contributed by atoms with van der Waals surface area (Å²) in [7, 11) is -20.6. The van der Waals surface area contributed by atoms with Crippen LogP contribution >= 0.6 is 0 Å². The van der Waals surface area contributed by atoms with Crippen molar-refractivity contribution in [1.29, 1.82) is 0 Å². The van der Waals surface area contributed by atoms with Crippen molar-refractivity contribution in [3.8, 4) is 0 Å². The van der Waals surface area contributed by atoms with Crippen molar-refractivity contribution < 1.29 is 28.8 Å². The van der Waals surface area contributed by atoms with Gasteiger partial charge >= 0.3 is 25.7 Å². The molecule has 0 aliphatic carbocycles. The number of hydrogen-bond donors (Lipinski definition) is 0. The van der Waals surface area contributed by atoms with E-state index in [2.05, 4.69) is 151 Å². The van der Waals surface area contributed by atoms with Crippen molar-refractivity contribution in [1.82, 2.24) is 0 Å². The average molecular weight is 879 g/mol. The Balaban J connectivity index is 6.05. The van der Waals surface area contributed by atoms with E-state index in [1.165, 1.54) is 0 Å². The molecular weight excluding hydrogens is 793 g/mol. The van der Waals surface area contributed by atoms with Gasteiger partial charge in [0.2, 0.25) is 0 Å². The first-order valence-corrected chi connectivity index (χ1v) is 51.9. The highest BCUT2D eigenvalue weighted by molar-refractivity contribution is 6.91. The maximum Gasteiger partial charge on any atom is 0.314 e. The van der Waals surface area contributed by atoms with Crippen LogP contribution in [0.1, 0.15) is 12.8 Å². The van der Waals surface area contributed by atoms with E-state index in [1.807, 2.05) is 0 Å². The van der Waals surface area contributed by atoms with E-state index < -0.39 is 92.9 Å². The quantitative estimate of drug-likeness (QED) is 0.0847. The fraction of sp³-hybridized carbons (Fsp3) is 1.00. The van der Waals surface area contributed by atoms with Gasteiger partial charge in [-0.25, -0.2) is 0 Å². The molecule has 7 nitrogen and oxygen atoms in total. The second kappa shape index (κ2) is 18.8. The Morgan fingerprint density at radius 3 is 0.816 bits per heavy atom. The largest absolute Gasteiger partial charge is 0.456 e. The SMILES string of the molecule is C[Si](C)O[Si](C)(C)CC[Si](C)(O[Si](C)(C)CCC[Si](C)(O[Si](C)(C)C)O[Si](C)(C)C)O[Si](C)(C)CCC[Si](C)(O[Si](C)(C)C)O[Si](C)(C)C. The molecule has 49 heavy (non-hydrogen) atoms. The van der Waals surface area contributed by atoms with Crippen LogP contribution < -0.4 is 0 Å². The van der Waals surface area contributed by atoms with Crippen molar-refractivity contribution in [3.63, 3.8) is 0 Å². The summed E-state index contributed by atoms with van der Waals surface area (Å²) >= 11 is 0. The van der Waals surface area contributed by atoms with E-state index in [0.717, 1.165) is 49.1 Å². The van der Waals surface area contributed by atoms with Crippen molar-refractivity contribution in [2.24, 2.45) is 0 Å². The maximum atomic E-state index is 7.44. The summed E-state index contributed by atoms with van der Waals surface area (Å²) in [4.78, 5) is 0. The van der Waals surface area contributed by atoms with Gasteiger partial charge in [-0.1, -0.05) is 12.8 Å².